The summed E-state index contributed by atoms with van der Waals surface area (Å²) in [7, 11) is 0. The van der Waals surface area contributed by atoms with Crippen molar-refractivity contribution in [3.05, 3.63) is 33.8 Å². The molecule has 0 aliphatic rings. The third-order valence-electron chi connectivity index (χ3n) is 1.43. The summed E-state index contributed by atoms with van der Waals surface area (Å²) in [5, 5.41) is 0.553. The van der Waals surface area contributed by atoms with E-state index in [1.54, 1.807) is 6.07 Å². The molecule has 14 heavy (non-hydrogen) atoms. The molecular formula is C8H3Cl5O. The van der Waals surface area contributed by atoms with Crippen molar-refractivity contribution in [3.8, 4) is 0 Å². The molecule has 0 atom stereocenters. The van der Waals surface area contributed by atoms with E-state index in [0.29, 0.717) is 5.02 Å². The molecule has 1 nitrogen and oxygen atoms in total. The fourth-order valence-electron chi connectivity index (χ4n) is 0.824. The molecule has 1 aromatic carbocycles. The predicted molar refractivity (Wildman–Crippen MR) is 61.1 cm³/mol. The van der Waals surface area contributed by atoms with Crippen LogP contribution < -0.4 is 0 Å². The maximum absolute atomic E-state index is 11.5. The van der Waals surface area contributed by atoms with Gasteiger partial charge in [0.25, 0.3) is 3.79 Å². The number of carbonyl (C=O) groups is 1. The Bertz CT molecular complexity index is 368. The molecule has 0 aromatic heterocycles. The van der Waals surface area contributed by atoms with Crippen LogP contribution in [-0.2, 0) is 0 Å². The van der Waals surface area contributed by atoms with E-state index in [1.165, 1.54) is 12.1 Å². The van der Waals surface area contributed by atoms with E-state index < -0.39 is 9.58 Å². The Balaban J connectivity index is 3.19. The third kappa shape index (κ3) is 2.91. The standard InChI is InChI=1S/C8H3Cl5O/c9-4-1-2-6(10)5(3-4)7(14)8(11,12)13/h1-3H. The normalized spacial score (nSPS) is 11.5. The Hall–Kier alpha value is 0.340. The maximum Gasteiger partial charge on any atom is 0.253 e. The first-order valence-electron chi connectivity index (χ1n) is 3.39. The van der Waals surface area contributed by atoms with Crippen LogP contribution in [0.15, 0.2) is 18.2 Å². The Labute approximate surface area is 106 Å². The SMILES string of the molecule is O=C(c1cc(Cl)ccc1Cl)C(Cl)(Cl)Cl. The number of halogens is 5. The zero-order chi connectivity index (χ0) is 10.9. The van der Waals surface area contributed by atoms with Crippen molar-refractivity contribution in [2.45, 2.75) is 3.79 Å². The molecule has 0 aliphatic carbocycles. The number of benzene rings is 1. The summed E-state index contributed by atoms with van der Waals surface area (Å²) in [6, 6.07) is 4.36. The van der Waals surface area contributed by atoms with E-state index in [4.69, 9.17) is 58.0 Å². The first-order chi connectivity index (χ1) is 6.32. The summed E-state index contributed by atoms with van der Waals surface area (Å²) < 4.78 is -2.02. The van der Waals surface area contributed by atoms with Gasteiger partial charge in [-0.05, 0) is 18.2 Å². The average Bonchev–Trinajstić information content (AvgIpc) is 2.06. The molecule has 0 saturated carbocycles. The summed E-state index contributed by atoms with van der Waals surface area (Å²) in [5.74, 6) is -0.699. The Morgan fingerprint density at radius 1 is 1.14 bits per heavy atom. The Kier molecular flexibility index (Phi) is 3.95. The van der Waals surface area contributed by atoms with Crippen molar-refractivity contribution in [2.75, 3.05) is 0 Å². The largest absolute Gasteiger partial charge is 0.289 e. The van der Waals surface area contributed by atoms with Crippen LogP contribution in [0.4, 0.5) is 0 Å². The topological polar surface area (TPSA) is 17.1 Å². The highest BCUT2D eigenvalue weighted by Crippen LogP contribution is 2.33. The lowest BCUT2D eigenvalue weighted by Gasteiger charge is -2.10. The summed E-state index contributed by atoms with van der Waals surface area (Å²) in [6.45, 7) is 0. The van der Waals surface area contributed by atoms with Gasteiger partial charge in [-0.25, -0.2) is 0 Å². The second kappa shape index (κ2) is 4.46. The van der Waals surface area contributed by atoms with Crippen LogP contribution in [0.2, 0.25) is 10.0 Å². The third-order valence-corrected chi connectivity index (χ3v) is 2.51. The molecule has 0 heterocycles. The summed E-state index contributed by atoms with van der Waals surface area (Å²) in [5.41, 5.74) is 0.0965. The van der Waals surface area contributed by atoms with Crippen LogP contribution >= 0.6 is 58.0 Å². The van der Waals surface area contributed by atoms with Crippen molar-refractivity contribution in [3.63, 3.8) is 0 Å². The van der Waals surface area contributed by atoms with Gasteiger partial charge in [0.15, 0.2) is 0 Å². The lowest BCUT2D eigenvalue weighted by Crippen LogP contribution is -2.19. The van der Waals surface area contributed by atoms with Crippen molar-refractivity contribution < 1.29 is 4.79 Å². The first kappa shape index (κ1) is 12.4. The highest BCUT2D eigenvalue weighted by Gasteiger charge is 2.33. The number of rotatable bonds is 1. The molecule has 1 aromatic rings. The fourth-order valence-corrected chi connectivity index (χ4v) is 1.51. The highest BCUT2D eigenvalue weighted by molar-refractivity contribution is 6.77. The molecule has 1 rings (SSSR count). The molecule has 0 saturated heterocycles. The molecule has 0 radical (unpaired) electrons. The average molecular weight is 292 g/mol. The van der Waals surface area contributed by atoms with Crippen LogP contribution in [0.5, 0.6) is 0 Å². The van der Waals surface area contributed by atoms with E-state index >= 15 is 0 Å². The zero-order valence-electron chi connectivity index (χ0n) is 6.53. The zero-order valence-corrected chi connectivity index (χ0v) is 10.3. The second-order valence-corrected chi connectivity index (χ2v) is 5.58. The quantitative estimate of drug-likeness (QED) is 0.548. The summed E-state index contributed by atoms with van der Waals surface area (Å²) >= 11 is 27.7. The van der Waals surface area contributed by atoms with Gasteiger partial charge < -0.3 is 0 Å². The highest BCUT2D eigenvalue weighted by atomic mass is 35.6. The van der Waals surface area contributed by atoms with Gasteiger partial charge in [-0.3, -0.25) is 4.79 Å². The molecular weight excluding hydrogens is 289 g/mol. The number of alkyl halides is 3. The number of ketones is 1. The molecule has 0 unspecified atom stereocenters. The van der Waals surface area contributed by atoms with Crippen LogP contribution in [0.3, 0.4) is 0 Å². The number of hydrogen-bond acceptors (Lipinski definition) is 1. The first-order valence-corrected chi connectivity index (χ1v) is 5.28. The minimum atomic E-state index is -2.02. The van der Waals surface area contributed by atoms with Crippen molar-refractivity contribution in [2.24, 2.45) is 0 Å². The van der Waals surface area contributed by atoms with E-state index in [1.807, 2.05) is 0 Å². The maximum atomic E-state index is 11.5. The Morgan fingerprint density at radius 2 is 1.71 bits per heavy atom. The lowest BCUT2D eigenvalue weighted by atomic mass is 10.1. The second-order valence-electron chi connectivity index (χ2n) is 2.45. The van der Waals surface area contributed by atoms with E-state index in [0.717, 1.165) is 0 Å². The van der Waals surface area contributed by atoms with Gasteiger partial charge in [0.05, 0.1) is 5.02 Å². The van der Waals surface area contributed by atoms with Crippen LogP contribution in [-0.4, -0.2) is 9.58 Å². The van der Waals surface area contributed by atoms with Gasteiger partial charge in [0, 0.05) is 10.6 Å². The number of hydrogen-bond donors (Lipinski definition) is 0. The molecule has 76 valence electrons. The van der Waals surface area contributed by atoms with E-state index in [9.17, 15) is 4.79 Å². The minimum absolute atomic E-state index is 0.0965. The van der Waals surface area contributed by atoms with Crippen molar-refractivity contribution in [1.29, 1.82) is 0 Å². The van der Waals surface area contributed by atoms with Crippen LogP contribution in [0.25, 0.3) is 0 Å². The monoisotopic (exact) mass is 290 g/mol. The molecule has 0 spiro atoms. The number of carbonyl (C=O) groups excluding carboxylic acids is 1. The molecule has 0 N–H and O–H groups in total. The van der Waals surface area contributed by atoms with Crippen LogP contribution in [0.1, 0.15) is 10.4 Å². The molecule has 0 aliphatic heterocycles. The van der Waals surface area contributed by atoms with Gasteiger partial charge in [-0.2, -0.15) is 0 Å². The van der Waals surface area contributed by atoms with Gasteiger partial charge in [0.1, 0.15) is 0 Å². The van der Waals surface area contributed by atoms with Crippen molar-refractivity contribution in [1.82, 2.24) is 0 Å². The van der Waals surface area contributed by atoms with Gasteiger partial charge in [-0.1, -0.05) is 58.0 Å². The fraction of sp³-hybridized carbons (Fsp3) is 0.125. The minimum Gasteiger partial charge on any atom is -0.289 e. The van der Waals surface area contributed by atoms with Crippen molar-refractivity contribution >= 4 is 63.8 Å². The predicted octanol–water partition coefficient (Wildman–Crippen LogP) is 4.55. The smallest absolute Gasteiger partial charge is 0.253 e. The van der Waals surface area contributed by atoms with Gasteiger partial charge >= 0.3 is 0 Å². The number of Topliss-reactive ketones (excluding diaryl/α,β-unsaturated/α-hetero) is 1. The molecule has 0 amide bonds. The molecule has 0 bridgehead atoms. The lowest BCUT2D eigenvalue weighted by molar-refractivity contribution is 0.0996. The van der Waals surface area contributed by atoms with E-state index in [-0.39, 0.29) is 10.6 Å². The van der Waals surface area contributed by atoms with Crippen LogP contribution in [0, 0.1) is 0 Å². The van der Waals surface area contributed by atoms with Gasteiger partial charge in [0.2, 0.25) is 5.78 Å². The molecule has 0 fully saturated rings. The summed E-state index contributed by atoms with van der Waals surface area (Å²) in [4.78, 5) is 11.5. The molecule has 6 heteroatoms. The van der Waals surface area contributed by atoms with Gasteiger partial charge in [-0.15, -0.1) is 0 Å². The summed E-state index contributed by atoms with van der Waals surface area (Å²) in [6.07, 6.45) is 0. The van der Waals surface area contributed by atoms with E-state index in [2.05, 4.69) is 0 Å². The Morgan fingerprint density at radius 3 is 2.21 bits per heavy atom.